The minimum Gasteiger partial charge on any atom is -0.491 e. The van der Waals surface area contributed by atoms with Crippen molar-refractivity contribution >= 4 is 5.69 Å². The molecule has 2 nitrogen and oxygen atoms in total. The van der Waals surface area contributed by atoms with E-state index < -0.39 is 0 Å². The number of rotatable bonds is 5. The van der Waals surface area contributed by atoms with E-state index in [0.29, 0.717) is 6.54 Å². The highest BCUT2D eigenvalue weighted by molar-refractivity contribution is 5.44. The number of hydrogen-bond acceptors (Lipinski definition) is 2. The molecule has 0 unspecified atom stereocenters. The lowest BCUT2D eigenvalue weighted by molar-refractivity contribution is 0.242. The molecule has 0 bridgehead atoms. The Kier molecular flexibility index (Phi) is 4.39. The van der Waals surface area contributed by atoms with Crippen LogP contribution in [0, 0.1) is 5.82 Å². The molecule has 1 N–H and O–H groups in total. The minimum atomic E-state index is -0.234. The molecule has 0 radical (unpaired) electrons. The predicted octanol–water partition coefficient (Wildman–Crippen LogP) is 4.23. The van der Waals surface area contributed by atoms with Crippen molar-refractivity contribution in [2.45, 2.75) is 26.5 Å². The lowest BCUT2D eigenvalue weighted by Crippen LogP contribution is -2.06. The van der Waals surface area contributed by atoms with Crippen LogP contribution in [0.5, 0.6) is 5.75 Å². The highest BCUT2D eigenvalue weighted by Gasteiger charge is 2.00. The molecule has 0 heterocycles. The fraction of sp³-hybridized carbons (Fsp3) is 0.250. The molecule has 0 aromatic heterocycles. The SMILES string of the molecule is CC(C)Oc1cccc(CNc2cccc(F)c2)c1. The summed E-state index contributed by atoms with van der Waals surface area (Å²) in [4.78, 5) is 0. The first-order valence-corrected chi connectivity index (χ1v) is 6.38. The number of benzene rings is 2. The highest BCUT2D eigenvalue weighted by atomic mass is 19.1. The van der Waals surface area contributed by atoms with Gasteiger partial charge in [0.15, 0.2) is 0 Å². The largest absolute Gasteiger partial charge is 0.491 e. The molecule has 100 valence electrons. The maximum absolute atomic E-state index is 13.0. The van der Waals surface area contributed by atoms with E-state index in [9.17, 15) is 4.39 Å². The Hall–Kier alpha value is -2.03. The van der Waals surface area contributed by atoms with E-state index in [1.54, 1.807) is 6.07 Å². The van der Waals surface area contributed by atoms with Crippen LogP contribution in [0.3, 0.4) is 0 Å². The first kappa shape index (κ1) is 13.4. The van der Waals surface area contributed by atoms with Crippen molar-refractivity contribution < 1.29 is 9.13 Å². The summed E-state index contributed by atoms with van der Waals surface area (Å²) in [7, 11) is 0. The smallest absolute Gasteiger partial charge is 0.125 e. The summed E-state index contributed by atoms with van der Waals surface area (Å²) >= 11 is 0. The monoisotopic (exact) mass is 259 g/mol. The molecular weight excluding hydrogens is 241 g/mol. The lowest BCUT2D eigenvalue weighted by Gasteiger charge is -2.11. The molecule has 0 saturated heterocycles. The molecule has 0 aliphatic carbocycles. The molecule has 2 rings (SSSR count). The fourth-order valence-corrected chi connectivity index (χ4v) is 1.80. The summed E-state index contributed by atoms with van der Waals surface area (Å²) in [5.41, 5.74) is 1.87. The van der Waals surface area contributed by atoms with Gasteiger partial charge < -0.3 is 10.1 Å². The van der Waals surface area contributed by atoms with E-state index in [2.05, 4.69) is 5.32 Å². The molecule has 3 heteroatoms. The van der Waals surface area contributed by atoms with Crippen LogP contribution in [0.25, 0.3) is 0 Å². The van der Waals surface area contributed by atoms with Crippen LogP contribution in [0.1, 0.15) is 19.4 Å². The molecule has 0 amide bonds. The molecule has 0 atom stereocenters. The molecule has 2 aromatic carbocycles. The third-order valence-electron chi connectivity index (χ3n) is 2.59. The molecule has 0 aliphatic rings. The summed E-state index contributed by atoms with van der Waals surface area (Å²) in [5.74, 6) is 0.621. The van der Waals surface area contributed by atoms with Crippen molar-refractivity contribution in [2.75, 3.05) is 5.32 Å². The second-order valence-corrected chi connectivity index (χ2v) is 4.68. The quantitative estimate of drug-likeness (QED) is 0.867. The Balaban J connectivity index is 1.99. The standard InChI is InChI=1S/C16H18FNO/c1-12(2)19-16-8-3-5-13(9-16)11-18-15-7-4-6-14(17)10-15/h3-10,12,18H,11H2,1-2H3. The van der Waals surface area contributed by atoms with Crippen LogP contribution < -0.4 is 10.1 Å². The van der Waals surface area contributed by atoms with Gasteiger partial charge in [-0.05, 0) is 49.7 Å². The summed E-state index contributed by atoms with van der Waals surface area (Å²) in [6.45, 7) is 4.63. The second-order valence-electron chi connectivity index (χ2n) is 4.68. The first-order valence-electron chi connectivity index (χ1n) is 6.38. The molecule has 2 aromatic rings. The van der Waals surface area contributed by atoms with Gasteiger partial charge in [0, 0.05) is 12.2 Å². The molecular formula is C16H18FNO. The number of halogens is 1. The van der Waals surface area contributed by atoms with E-state index in [-0.39, 0.29) is 11.9 Å². The van der Waals surface area contributed by atoms with E-state index in [4.69, 9.17) is 4.74 Å². The second kappa shape index (κ2) is 6.23. The van der Waals surface area contributed by atoms with Crippen molar-refractivity contribution in [3.8, 4) is 5.75 Å². The fourth-order valence-electron chi connectivity index (χ4n) is 1.80. The van der Waals surface area contributed by atoms with Gasteiger partial charge in [0.1, 0.15) is 11.6 Å². The number of hydrogen-bond donors (Lipinski definition) is 1. The molecule has 0 saturated carbocycles. The maximum Gasteiger partial charge on any atom is 0.125 e. The topological polar surface area (TPSA) is 21.3 Å². The zero-order valence-electron chi connectivity index (χ0n) is 11.2. The summed E-state index contributed by atoms with van der Waals surface area (Å²) in [5, 5.41) is 3.19. The Morgan fingerprint density at radius 1 is 1.11 bits per heavy atom. The van der Waals surface area contributed by atoms with Crippen LogP contribution in [0.15, 0.2) is 48.5 Å². The highest BCUT2D eigenvalue weighted by Crippen LogP contribution is 2.16. The van der Waals surface area contributed by atoms with Gasteiger partial charge in [-0.15, -0.1) is 0 Å². The van der Waals surface area contributed by atoms with Gasteiger partial charge in [-0.2, -0.15) is 0 Å². The molecule has 19 heavy (non-hydrogen) atoms. The Morgan fingerprint density at radius 3 is 2.63 bits per heavy atom. The summed E-state index contributed by atoms with van der Waals surface area (Å²) < 4.78 is 18.7. The Labute approximate surface area is 113 Å². The van der Waals surface area contributed by atoms with Crippen LogP contribution in [-0.2, 0) is 6.54 Å². The van der Waals surface area contributed by atoms with Gasteiger partial charge in [0.05, 0.1) is 6.10 Å². The number of anilines is 1. The Morgan fingerprint density at radius 2 is 1.89 bits per heavy atom. The first-order chi connectivity index (χ1) is 9.13. The molecule has 0 fully saturated rings. The predicted molar refractivity (Wildman–Crippen MR) is 75.9 cm³/mol. The third kappa shape index (κ3) is 4.28. The Bertz CT molecular complexity index is 540. The zero-order chi connectivity index (χ0) is 13.7. The number of nitrogens with one attached hydrogen (secondary N) is 1. The van der Waals surface area contributed by atoms with Gasteiger partial charge in [0.2, 0.25) is 0 Å². The van der Waals surface area contributed by atoms with Crippen molar-refractivity contribution in [2.24, 2.45) is 0 Å². The van der Waals surface area contributed by atoms with Gasteiger partial charge in [-0.1, -0.05) is 18.2 Å². The van der Waals surface area contributed by atoms with Gasteiger partial charge in [0.25, 0.3) is 0 Å². The van der Waals surface area contributed by atoms with Crippen molar-refractivity contribution in [3.63, 3.8) is 0 Å². The van der Waals surface area contributed by atoms with Gasteiger partial charge >= 0.3 is 0 Å². The average Bonchev–Trinajstić information content (AvgIpc) is 2.36. The molecule has 0 spiro atoms. The van der Waals surface area contributed by atoms with E-state index >= 15 is 0 Å². The third-order valence-corrected chi connectivity index (χ3v) is 2.59. The van der Waals surface area contributed by atoms with Crippen LogP contribution in [0.4, 0.5) is 10.1 Å². The summed E-state index contributed by atoms with van der Waals surface area (Å²) in [6, 6.07) is 14.3. The van der Waals surface area contributed by atoms with Crippen LogP contribution in [-0.4, -0.2) is 6.10 Å². The van der Waals surface area contributed by atoms with Gasteiger partial charge in [-0.3, -0.25) is 0 Å². The van der Waals surface area contributed by atoms with E-state index in [1.165, 1.54) is 12.1 Å². The summed E-state index contributed by atoms with van der Waals surface area (Å²) in [6.07, 6.45) is 0.159. The van der Waals surface area contributed by atoms with Crippen molar-refractivity contribution in [1.29, 1.82) is 0 Å². The van der Waals surface area contributed by atoms with Crippen LogP contribution >= 0.6 is 0 Å². The lowest BCUT2D eigenvalue weighted by atomic mass is 10.2. The van der Waals surface area contributed by atoms with Crippen molar-refractivity contribution in [1.82, 2.24) is 0 Å². The van der Waals surface area contributed by atoms with Crippen LogP contribution in [0.2, 0.25) is 0 Å². The minimum absolute atomic E-state index is 0.159. The zero-order valence-corrected chi connectivity index (χ0v) is 11.2. The van der Waals surface area contributed by atoms with Crippen molar-refractivity contribution in [3.05, 3.63) is 59.9 Å². The van der Waals surface area contributed by atoms with E-state index in [0.717, 1.165) is 17.0 Å². The van der Waals surface area contributed by atoms with E-state index in [1.807, 2.05) is 44.2 Å². The average molecular weight is 259 g/mol. The normalized spacial score (nSPS) is 10.5. The molecule has 0 aliphatic heterocycles. The number of ether oxygens (including phenoxy) is 1. The van der Waals surface area contributed by atoms with Gasteiger partial charge in [-0.25, -0.2) is 4.39 Å². The maximum atomic E-state index is 13.0.